The molecule has 0 saturated carbocycles. The Hall–Kier alpha value is -0.120. The van der Waals surface area contributed by atoms with E-state index in [-0.39, 0.29) is 0 Å². The number of rotatable bonds is 4. The first kappa shape index (κ1) is 10.4. The normalized spacial score (nSPS) is 36.6. The van der Waals surface area contributed by atoms with Crippen LogP contribution in [0.25, 0.3) is 0 Å². The standard InChI is InChI=1S/C11H22N2O/c1-13(14-2)6-5-9-7-10-3-4-11(8-9)12-10/h9-12H,3-8H2,1-2H3. The molecular formula is C11H22N2O. The van der Waals surface area contributed by atoms with Crippen molar-refractivity contribution in [3.63, 3.8) is 0 Å². The Kier molecular flexibility index (Phi) is 3.42. The number of hydrogen-bond donors (Lipinski definition) is 1. The van der Waals surface area contributed by atoms with E-state index >= 15 is 0 Å². The van der Waals surface area contributed by atoms with Gasteiger partial charge in [-0.05, 0) is 38.0 Å². The summed E-state index contributed by atoms with van der Waals surface area (Å²) < 4.78 is 0. The molecule has 2 fully saturated rings. The van der Waals surface area contributed by atoms with Gasteiger partial charge in [0.1, 0.15) is 0 Å². The van der Waals surface area contributed by atoms with Gasteiger partial charge in [0.2, 0.25) is 0 Å². The van der Waals surface area contributed by atoms with Crippen molar-refractivity contribution in [2.24, 2.45) is 5.92 Å². The second-order valence-corrected chi connectivity index (χ2v) is 4.80. The van der Waals surface area contributed by atoms with Crippen LogP contribution in [0.4, 0.5) is 0 Å². The molecule has 82 valence electrons. The summed E-state index contributed by atoms with van der Waals surface area (Å²) in [7, 11) is 3.75. The third-order valence-electron chi connectivity index (χ3n) is 3.73. The van der Waals surface area contributed by atoms with E-state index < -0.39 is 0 Å². The lowest BCUT2D eigenvalue weighted by Crippen LogP contribution is -2.38. The van der Waals surface area contributed by atoms with Crippen LogP contribution in [0, 0.1) is 5.92 Å². The molecule has 0 spiro atoms. The summed E-state index contributed by atoms with van der Waals surface area (Å²) in [5.41, 5.74) is 0. The van der Waals surface area contributed by atoms with Crippen molar-refractivity contribution >= 4 is 0 Å². The highest BCUT2D eigenvalue weighted by Gasteiger charge is 2.32. The van der Waals surface area contributed by atoms with Crippen LogP contribution < -0.4 is 5.32 Å². The maximum Gasteiger partial charge on any atom is 0.0575 e. The fraction of sp³-hybridized carbons (Fsp3) is 1.00. The van der Waals surface area contributed by atoms with Gasteiger partial charge in [0.15, 0.2) is 0 Å². The summed E-state index contributed by atoms with van der Waals surface area (Å²) in [6.45, 7) is 1.07. The van der Waals surface area contributed by atoms with E-state index in [0.29, 0.717) is 0 Å². The molecule has 3 heteroatoms. The molecule has 2 aliphatic heterocycles. The van der Waals surface area contributed by atoms with Crippen LogP contribution >= 0.6 is 0 Å². The van der Waals surface area contributed by atoms with Gasteiger partial charge >= 0.3 is 0 Å². The van der Waals surface area contributed by atoms with Crippen molar-refractivity contribution in [1.82, 2.24) is 10.4 Å². The molecule has 0 aromatic heterocycles. The second kappa shape index (κ2) is 4.60. The molecule has 2 aliphatic rings. The van der Waals surface area contributed by atoms with Gasteiger partial charge in [0.25, 0.3) is 0 Å². The minimum Gasteiger partial charge on any atom is -0.311 e. The van der Waals surface area contributed by atoms with Crippen molar-refractivity contribution in [2.75, 3.05) is 20.7 Å². The summed E-state index contributed by atoms with van der Waals surface area (Å²) in [5.74, 6) is 0.923. The number of hydrogen-bond acceptors (Lipinski definition) is 3. The monoisotopic (exact) mass is 198 g/mol. The lowest BCUT2D eigenvalue weighted by atomic mass is 9.90. The maximum atomic E-state index is 5.13. The molecule has 0 aliphatic carbocycles. The van der Waals surface area contributed by atoms with E-state index in [4.69, 9.17) is 4.84 Å². The van der Waals surface area contributed by atoms with E-state index in [1.165, 1.54) is 32.1 Å². The Bertz CT molecular complexity index is 174. The third kappa shape index (κ3) is 2.47. The van der Waals surface area contributed by atoms with E-state index in [2.05, 4.69) is 5.32 Å². The van der Waals surface area contributed by atoms with Gasteiger partial charge in [-0.2, -0.15) is 5.06 Å². The van der Waals surface area contributed by atoms with Crippen LogP contribution in [0.3, 0.4) is 0 Å². The van der Waals surface area contributed by atoms with Crippen LogP contribution in [-0.4, -0.2) is 37.8 Å². The minimum absolute atomic E-state index is 0.826. The zero-order valence-electron chi connectivity index (χ0n) is 9.33. The van der Waals surface area contributed by atoms with E-state index in [1.54, 1.807) is 7.11 Å². The predicted molar refractivity (Wildman–Crippen MR) is 56.9 cm³/mol. The van der Waals surface area contributed by atoms with Crippen molar-refractivity contribution < 1.29 is 4.84 Å². The number of fused-ring (bicyclic) bond motifs is 2. The van der Waals surface area contributed by atoms with Crippen molar-refractivity contribution in [3.05, 3.63) is 0 Å². The highest BCUT2D eigenvalue weighted by molar-refractivity contribution is 4.91. The average molecular weight is 198 g/mol. The highest BCUT2D eigenvalue weighted by Crippen LogP contribution is 2.32. The van der Waals surface area contributed by atoms with Crippen LogP contribution in [0.5, 0.6) is 0 Å². The van der Waals surface area contributed by atoms with Crippen molar-refractivity contribution in [2.45, 2.75) is 44.2 Å². The molecule has 14 heavy (non-hydrogen) atoms. The fourth-order valence-corrected chi connectivity index (χ4v) is 2.87. The van der Waals surface area contributed by atoms with Crippen LogP contribution in [0.15, 0.2) is 0 Å². The van der Waals surface area contributed by atoms with Gasteiger partial charge in [-0.25, -0.2) is 0 Å². The Labute approximate surface area is 86.8 Å². The fourth-order valence-electron chi connectivity index (χ4n) is 2.87. The van der Waals surface area contributed by atoms with E-state index in [9.17, 15) is 0 Å². The van der Waals surface area contributed by atoms with E-state index in [1.807, 2.05) is 12.1 Å². The summed E-state index contributed by atoms with van der Waals surface area (Å²) in [6.07, 6.45) is 6.86. The molecule has 3 nitrogen and oxygen atoms in total. The summed E-state index contributed by atoms with van der Waals surface area (Å²) >= 11 is 0. The quantitative estimate of drug-likeness (QED) is 0.691. The lowest BCUT2D eigenvalue weighted by Gasteiger charge is -2.29. The number of nitrogens with one attached hydrogen (secondary N) is 1. The molecular weight excluding hydrogens is 176 g/mol. The van der Waals surface area contributed by atoms with Gasteiger partial charge in [0, 0.05) is 25.7 Å². The van der Waals surface area contributed by atoms with Gasteiger partial charge in [0.05, 0.1) is 7.11 Å². The van der Waals surface area contributed by atoms with Crippen molar-refractivity contribution in [3.8, 4) is 0 Å². The molecule has 2 bridgehead atoms. The third-order valence-corrected chi connectivity index (χ3v) is 3.73. The minimum atomic E-state index is 0.826. The Morgan fingerprint density at radius 2 is 1.93 bits per heavy atom. The molecule has 0 aromatic carbocycles. The van der Waals surface area contributed by atoms with Crippen LogP contribution in [-0.2, 0) is 4.84 Å². The SMILES string of the molecule is CON(C)CCC1CC2CCC(C1)N2. The van der Waals surface area contributed by atoms with Gasteiger partial charge < -0.3 is 10.2 Å². The summed E-state index contributed by atoms with van der Waals surface area (Å²) in [6, 6.07) is 1.65. The molecule has 2 heterocycles. The molecule has 0 aromatic rings. The Balaban J connectivity index is 1.71. The lowest BCUT2D eigenvalue weighted by molar-refractivity contribution is -0.112. The second-order valence-electron chi connectivity index (χ2n) is 4.80. The van der Waals surface area contributed by atoms with Crippen molar-refractivity contribution in [1.29, 1.82) is 0 Å². The first-order chi connectivity index (χ1) is 6.78. The van der Waals surface area contributed by atoms with Gasteiger partial charge in [-0.3, -0.25) is 0 Å². The summed E-state index contributed by atoms with van der Waals surface area (Å²) in [4.78, 5) is 5.13. The Morgan fingerprint density at radius 1 is 1.29 bits per heavy atom. The van der Waals surface area contributed by atoms with Gasteiger partial charge in [-0.1, -0.05) is 0 Å². The topological polar surface area (TPSA) is 24.5 Å². The molecule has 2 saturated heterocycles. The molecule has 0 radical (unpaired) electrons. The number of piperidine rings is 1. The maximum absolute atomic E-state index is 5.13. The zero-order valence-corrected chi connectivity index (χ0v) is 9.33. The molecule has 0 amide bonds. The molecule has 2 rings (SSSR count). The van der Waals surface area contributed by atoms with Gasteiger partial charge in [-0.15, -0.1) is 0 Å². The predicted octanol–water partition coefficient (Wildman–Crippen LogP) is 1.40. The first-order valence-corrected chi connectivity index (χ1v) is 5.79. The van der Waals surface area contributed by atoms with Crippen LogP contribution in [0.2, 0.25) is 0 Å². The molecule has 1 N–H and O–H groups in total. The number of nitrogens with zero attached hydrogens (tertiary/aromatic N) is 1. The number of hydroxylamine groups is 2. The van der Waals surface area contributed by atoms with E-state index in [0.717, 1.165) is 24.5 Å². The first-order valence-electron chi connectivity index (χ1n) is 5.79. The smallest absolute Gasteiger partial charge is 0.0575 e. The molecule has 2 atom stereocenters. The summed E-state index contributed by atoms with van der Waals surface area (Å²) in [5, 5.41) is 5.61. The largest absolute Gasteiger partial charge is 0.311 e. The molecule has 2 unspecified atom stereocenters. The highest BCUT2D eigenvalue weighted by atomic mass is 16.7. The average Bonchev–Trinajstić information content (AvgIpc) is 2.54. The van der Waals surface area contributed by atoms with Crippen LogP contribution in [0.1, 0.15) is 32.1 Å². The zero-order chi connectivity index (χ0) is 9.97. The Morgan fingerprint density at radius 3 is 2.50 bits per heavy atom.